The lowest BCUT2D eigenvalue weighted by Crippen LogP contribution is -2.47. The number of amides is 2. The minimum Gasteiger partial charge on any atom is -0.343 e. The van der Waals surface area contributed by atoms with Crippen molar-refractivity contribution in [2.75, 3.05) is 5.32 Å². The van der Waals surface area contributed by atoms with Gasteiger partial charge >= 0.3 is 0 Å². The quantitative estimate of drug-likeness (QED) is 0.579. The summed E-state index contributed by atoms with van der Waals surface area (Å²) in [6.07, 6.45) is 0.340. The van der Waals surface area contributed by atoms with Crippen molar-refractivity contribution in [3.05, 3.63) is 66.2 Å². The van der Waals surface area contributed by atoms with Gasteiger partial charge in [0.1, 0.15) is 16.4 Å². The molecule has 0 fully saturated rings. The number of rotatable bonds is 7. The highest BCUT2D eigenvalue weighted by atomic mass is 35.5. The van der Waals surface area contributed by atoms with Gasteiger partial charge in [0.2, 0.25) is 16.9 Å². The number of carbonyl (C=O) groups is 2. The van der Waals surface area contributed by atoms with Crippen LogP contribution in [0.4, 0.5) is 5.13 Å². The van der Waals surface area contributed by atoms with Crippen LogP contribution >= 0.6 is 22.9 Å². The lowest BCUT2D eigenvalue weighted by molar-refractivity contribution is -0.126. The number of alkyl halides is 1. The van der Waals surface area contributed by atoms with Gasteiger partial charge in [-0.05, 0) is 12.5 Å². The fourth-order valence-electron chi connectivity index (χ4n) is 2.51. The Morgan fingerprint density at radius 3 is 2.29 bits per heavy atom. The van der Waals surface area contributed by atoms with E-state index in [1.54, 1.807) is 6.92 Å². The molecular weight excluding hydrogens is 396 g/mol. The second-order valence-corrected chi connectivity index (χ2v) is 7.77. The van der Waals surface area contributed by atoms with Crippen molar-refractivity contribution in [1.29, 1.82) is 0 Å². The first-order valence-electron chi connectivity index (χ1n) is 8.71. The highest BCUT2D eigenvalue weighted by Gasteiger charge is 2.24. The van der Waals surface area contributed by atoms with Crippen LogP contribution in [0.25, 0.3) is 10.6 Å². The minimum absolute atomic E-state index is 0.340. The van der Waals surface area contributed by atoms with Crippen molar-refractivity contribution in [2.24, 2.45) is 0 Å². The Labute approximate surface area is 172 Å². The summed E-state index contributed by atoms with van der Waals surface area (Å²) in [6.45, 7) is 1.56. The van der Waals surface area contributed by atoms with Crippen LogP contribution in [-0.2, 0) is 16.0 Å². The van der Waals surface area contributed by atoms with E-state index in [0.717, 1.165) is 11.1 Å². The SMILES string of the molecule is C[C@H](Cl)C(=O)N[C@H](Cc1ccccc1)C(=O)Nc1nnc(-c2ccccc2)s1. The van der Waals surface area contributed by atoms with Crippen molar-refractivity contribution in [1.82, 2.24) is 15.5 Å². The molecule has 2 N–H and O–H groups in total. The molecule has 0 saturated heterocycles. The third-order valence-corrected chi connectivity index (χ3v) is 5.04. The highest BCUT2D eigenvalue weighted by Crippen LogP contribution is 2.26. The Kier molecular flexibility index (Phi) is 6.73. The van der Waals surface area contributed by atoms with Crippen LogP contribution in [0.2, 0.25) is 0 Å². The number of aromatic nitrogens is 2. The molecule has 8 heteroatoms. The van der Waals surface area contributed by atoms with E-state index in [1.807, 2.05) is 60.7 Å². The van der Waals surface area contributed by atoms with E-state index < -0.39 is 17.3 Å². The summed E-state index contributed by atoms with van der Waals surface area (Å²) < 4.78 is 0. The first kappa shape index (κ1) is 20.0. The number of carbonyl (C=O) groups excluding carboxylic acids is 2. The predicted octanol–water partition coefficient (Wildman–Crippen LogP) is 3.50. The molecule has 3 aromatic rings. The maximum absolute atomic E-state index is 12.8. The Morgan fingerprint density at radius 1 is 1.00 bits per heavy atom. The summed E-state index contributed by atoms with van der Waals surface area (Å²) in [4.78, 5) is 24.8. The number of hydrogen-bond donors (Lipinski definition) is 2. The zero-order chi connectivity index (χ0) is 19.9. The van der Waals surface area contributed by atoms with E-state index in [0.29, 0.717) is 16.6 Å². The van der Waals surface area contributed by atoms with Crippen LogP contribution in [0.5, 0.6) is 0 Å². The molecule has 0 saturated carbocycles. The van der Waals surface area contributed by atoms with Crippen LogP contribution < -0.4 is 10.6 Å². The number of nitrogens with zero attached hydrogens (tertiary/aromatic N) is 2. The maximum atomic E-state index is 12.8. The van der Waals surface area contributed by atoms with E-state index in [2.05, 4.69) is 20.8 Å². The van der Waals surface area contributed by atoms with E-state index in [4.69, 9.17) is 11.6 Å². The first-order valence-corrected chi connectivity index (χ1v) is 9.96. The molecule has 144 valence electrons. The van der Waals surface area contributed by atoms with Gasteiger partial charge in [-0.2, -0.15) is 0 Å². The van der Waals surface area contributed by atoms with E-state index >= 15 is 0 Å². The van der Waals surface area contributed by atoms with Gasteiger partial charge in [-0.25, -0.2) is 0 Å². The molecule has 1 heterocycles. The van der Waals surface area contributed by atoms with Gasteiger partial charge < -0.3 is 5.32 Å². The lowest BCUT2D eigenvalue weighted by atomic mass is 10.1. The maximum Gasteiger partial charge on any atom is 0.249 e. The van der Waals surface area contributed by atoms with Crippen LogP contribution in [-0.4, -0.2) is 33.4 Å². The Balaban J connectivity index is 1.73. The van der Waals surface area contributed by atoms with Crippen molar-refractivity contribution < 1.29 is 9.59 Å². The average Bonchev–Trinajstić information content (AvgIpc) is 3.17. The standard InChI is InChI=1S/C20H19ClN4O2S/c1-13(21)17(26)22-16(12-14-8-4-2-5-9-14)18(27)23-20-25-24-19(28-20)15-10-6-3-7-11-15/h2-11,13,16H,12H2,1H3,(H,22,26)(H,23,25,27)/t13-,16+/m0/s1. The number of benzene rings is 2. The molecule has 0 unspecified atom stereocenters. The molecule has 1 aromatic heterocycles. The molecule has 28 heavy (non-hydrogen) atoms. The van der Waals surface area contributed by atoms with Crippen LogP contribution in [0, 0.1) is 0 Å². The fourth-order valence-corrected chi connectivity index (χ4v) is 3.32. The predicted molar refractivity (Wildman–Crippen MR) is 111 cm³/mol. The molecule has 0 bridgehead atoms. The zero-order valence-corrected chi connectivity index (χ0v) is 16.7. The normalized spacial score (nSPS) is 12.8. The first-order chi connectivity index (χ1) is 13.5. The van der Waals surface area contributed by atoms with Gasteiger partial charge in [0, 0.05) is 12.0 Å². The summed E-state index contributed by atoms with van der Waals surface area (Å²) in [7, 11) is 0. The smallest absolute Gasteiger partial charge is 0.249 e. The molecule has 6 nitrogen and oxygen atoms in total. The van der Waals surface area contributed by atoms with Crippen LogP contribution in [0.3, 0.4) is 0 Å². The van der Waals surface area contributed by atoms with E-state index in [1.165, 1.54) is 11.3 Å². The van der Waals surface area contributed by atoms with Crippen molar-refractivity contribution in [3.8, 4) is 10.6 Å². The monoisotopic (exact) mass is 414 g/mol. The molecule has 0 aliphatic rings. The molecule has 0 aliphatic heterocycles. The topological polar surface area (TPSA) is 84.0 Å². The number of anilines is 1. The van der Waals surface area contributed by atoms with E-state index in [9.17, 15) is 9.59 Å². The van der Waals surface area contributed by atoms with Gasteiger partial charge in [0.25, 0.3) is 0 Å². The Morgan fingerprint density at radius 2 is 1.64 bits per heavy atom. The Hall–Kier alpha value is -2.77. The molecular formula is C20H19ClN4O2S. The van der Waals surface area contributed by atoms with Gasteiger partial charge in [-0.1, -0.05) is 72.0 Å². The molecule has 2 amide bonds. The van der Waals surface area contributed by atoms with Crippen LogP contribution in [0.15, 0.2) is 60.7 Å². The van der Waals surface area contributed by atoms with Gasteiger partial charge in [-0.3, -0.25) is 14.9 Å². The molecule has 0 spiro atoms. The van der Waals surface area contributed by atoms with Gasteiger partial charge in [-0.15, -0.1) is 21.8 Å². The van der Waals surface area contributed by atoms with Gasteiger partial charge in [0.05, 0.1) is 0 Å². The molecule has 0 aliphatic carbocycles. The summed E-state index contributed by atoms with van der Waals surface area (Å²) in [5.74, 6) is -0.773. The minimum atomic E-state index is -0.778. The number of halogens is 1. The van der Waals surface area contributed by atoms with Crippen molar-refractivity contribution in [3.63, 3.8) is 0 Å². The number of hydrogen-bond acceptors (Lipinski definition) is 5. The zero-order valence-electron chi connectivity index (χ0n) is 15.1. The summed E-state index contributed by atoms with van der Waals surface area (Å²) >= 11 is 7.12. The average molecular weight is 415 g/mol. The summed E-state index contributed by atoms with van der Waals surface area (Å²) in [6, 6.07) is 18.3. The highest BCUT2D eigenvalue weighted by molar-refractivity contribution is 7.18. The molecule has 3 rings (SSSR count). The molecule has 2 atom stereocenters. The Bertz CT molecular complexity index is 932. The van der Waals surface area contributed by atoms with E-state index in [-0.39, 0.29) is 5.91 Å². The van der Waals surface area contributed by atoms with Crippen LogP contribution in [0.1, 0.15) is 12.5 Å². The second-order valence-electron chi connectivity index (χ2n) is 6.13. The lowest BCUT2D eigenvalue weighted by Gasteiger charge is -2.18. The third kappa shape index (κ3) is 5.37. The molecule has 0 radical (unpaired) electrons. The summed E-state index contributed by atoms with van der Waals surface area (Å²) in [5.41, 5.74) is 1.85. The third-order valence-electron chi connectivity index (χ3n) is 3.95. The fraction of sp³-hybridized carbons (Fsp3) is 0.200. The van der Waals surface area contributed by atoms with Gasteiger partial charge in [0.15, 0.2) is 0 Å². The largest absolute Gasteiger partial charge is 0.343 e. The number of nitrogens with one attached hydrogen (secondary N) is 2. The molecule has 2 aromatic carbocycles. The second kappa shape index (κ2) is 9.43. The van der Waals surface area contributed by atoms with Crippen molar-refractivity contribution in [2.45, 2.75) is 24.8 Å². The van der Waals surface area contributed by atoms with Crippen molar-refractivity contribution >= 4 is 39.9 Å². The summed E-state index contributed by atoms with van der Waals surface area (Å²) in [5, 5.41) is 13.9.